The van der Waals surface area contributed by atoms with Gasteiger partial charge in [-0.3, -0.25) is 0 Å². The van der Waals surface area contributed by atoms with Gasteiger partial charge in [-0.1, -0.05) is 24.3 Å². The van der Waals surface area contributed by atoms with Crippen LogP contribution in [0, 0.1) is 26.4 Å². The van der Waals surface area contributed by atoms with Crippen LogP contribution in [0.5, 0.6) is 0 Å². The number of halogens is 4. The van der Waals surface area contributed by atoms with Crippen molar-refractivity contribution >= 4 is 7.25 Å². The maximum Gasteiger partial charge on any atom is 1.00 e. The molecule has 0 saturated heterocycles. The van der Waals surface area contributed by atoms with E-state index >= 15 is 0 Å². The smallest absolute Gasteiger partial charge is 0.0845 e. The Hall–Kier alpha value is -0.892. The fourth-order valence-electron chi connectivity index (χ4n) is 0.606. The molecule has 0 unspecified atom stereocenters. The summed E-state index contributed by atoms with van der Waals surface area (Å²) in [4.78, 5) is 0. The van der Waals surface area contributed by atoms with Crippen molar-refractivity contribution in [3.63, 3.8) is 0 Å². The predicted molar refractivity (Wildman–Crippen MR) is 53.8 cm³/mol. The van der Waals surface area contributed by atoms with Crippen LogP contribution in [-0.2, 0) is 33.4 Å². The zero-order chi connectivity index (χ0) is 15.4. The second-order valence-corrected chi connectivity index (χ2v) is 2.12. The average Bonchev–Trinajstić information content (AvgIpc) is 2.67. The Bertz CT molecular complexity index is 240. The van der Waals surface area contributed by atoms with E-state index in [9.17, 15) is 17.3 Å². The summed E-state index contributed by atoms with van der Waals surface area (Å²) in [6.45, 7) is 13.5. The maximum absolute atomic E-state index is 9.75. The van der Waals surface area contributed by atoms with Crippen LogP contribution in [0.25, 0.3) is 0 Å². The van der Waals surface area contributed by atoms with Crippen LogP contribution in [0.2, 0.25) is 0 Å². The van der Waals surface area contributed by atoms with Gasteiger partial charge in [0.25, 0.3) is 0 Å². The summed E-state index contributed by atoms with van der Waals surface area (Å²) in [5, 5.41) is 0. The maximum atomic E-state index is 9.75. The van der Waals surface area contributed by atoms with Crippen molar-refractivity contribution in [2.75, 3.05) is 0 Å². The summed E-state index contributed by atoms with van der Waals surface area (Å²) in [5.41, 5.74) is 0. The fraction of sp³-hybridized carbons (Fsp3) is 0.200. The standard InChI is InChI=1S/C7H9.3CO.BF4.Ru/c1-2-4-6-7-5-3-1;3*1-2;2-1(3,4)5;/h1-5H,6-7H2;;;;;/q;;;;-1;+1. The molecule has 2 radical (unpaired) electrons. The van der Waals surface area contributed by atoms with Gasteiger partial charge in [0.15, 0.2) is 0 Å². The molecule has 0 aromatic carbocycles. The van der Waals surface area contributed by atoms with E-state index < -0.39 is 7.25 Å². The predicted octanol–water partition coefficient (Wildman–Crippen LogP) is 3.28. The van der Waals surface area contributed by atoms with Crippen LogP contribution in [0.15, 0.2) is 24.3 Å². The first-order chi connectivity index (χ1) is 8.50. The zero-order valence-corrected chi connectivity index (χ0v) is 11.2. The largest absolute Gasteiger partial charge is 1.00 e. The van der Waals surface area contributed by atoms with E-state index in [-0.39, 0.29) is 19.5 Å². The molecule has 0 atom stereocenters. The van der Waals surface area contributed by atoms with E-state index in [0.29, 0.717) is 0 Å². The summed E-state index contributed by atoms with van der Waals surface area (Å²) in [6.07, 6.45) is 13.0. The van der Waals surface area contributed by atoms with Gasteiger partial charge in [-0.05, 0) is 19.3 Å². The fourth-order valence-corrected chi connectivity index (χ4v) is 0.606. The van der Waals surface area contributed by atoms with Crippen molar-refractivity contribution in [2.24, 2.45) is 0 Å². The van der Waals surface area contributed by atoms with Gasteiger partial charge in [0.05, 0.1) is 0 Å². The minimum atomic E-state index is -6.00. The third kappa shape index (κ3) is 105. The SMILES string of the molecule is F[B-](F)(F)F.[C-]#[O+].[C-]#[O+].[C-]#[O+].[CH]1C=CC=CCC1.[Ru+]. The van der Waals surface area contributed by atoms with Crippen molar-refractivity contribution in [1.29, 1.82) is 0 Å². The number of hydrogen-bond donors (Lipinski definition) is 0. The van der Waals surface area contributed by atoms with Crippen LogP contribution in [0.3, 0.4) is 0 Å². The Balaban J connectivity index is -0.0000000488. The molecule has 0 saturated carbocycles. The first kappa shape index (κ1) is 30.8. The Kier molecular flexibility index (Phi) is 49.2. The van der Waals surface area contributed by atoms with Gasteiger partial charge in [-0.25, -0.2) is 0 Å². The van der Waals surface area contributed by atoms with Crippen LogP contribution < -0.4 is 0 Å². The van der Waals surface area contributed by atoms with Crippen molar-refractivity contribution in [3.8, 4) is 0 Å². The van der Waals surface area contributed by atoms with E-state index in [4.69, 9.17) is 14.0 Å². The topological polar surface area (TPSA) is 59.7 Å². The quantitative estimate of drug-likeness (QED) is 0.274. The number of hydrogen-bond acceptors (Lipinski definition) is 0. The van der Waals surface area contributed by atoms with Crippen molar-refractivity contribution in [3.05, 3.63) is 50.7 Å². The van der Waals surface area contributed by atoms with E-state index in [1.165, 1.54) is 12.8 Å². The van der Waals surface area contributed by atoms with Crippen molar-refractivity contribution in [1.82, 2.24) is 0 Å². The van der Waals surface area contributed by atoms with Crippen LogP contribution in [0.1, 0.15) is 12.8 Å². The number of rotatable bonds is 0. The molecule has 0 N–H and O–H groups in total. The van der Waals surface area contributed by atoms with E-state index in [1.54, 1.807) is 0 Å². The summed E-state index contributed by atoms with van der Waals surface area (Å²) < 4.78 is 61.5. The minimum Gasteiger partial charge on any atom is -0.0845 e. The molecule has 0 aliphatic heterocycles. The summed E-state index contributed by atoms with van der Waals surface area (Å²) in [5.74, 6) is 0. The third-order valence-corrected chi connectivity index (χ3v) is 0.994. The van der Waals surface area contributed by atoms with Gasteiger partial charge < -0.3 is 17.3 Å². The van der Waals surface area contributed by atoms with Crippen molar-refractivity contribution in [2.45, 2.75) is 12.8 Å². The third-order valence-electron chi connectivity index (χ3n) is 0.994. The van der Waals surface area contributed by atoms with Crippen LogP contribution in [0.4, 0.5) is 17.3 Å². The molecule has 0 amide bonds. The molecule has 1 rings (SSSR count). The molecule has 106 valence electrons. The van der Waals surface area contributed by atoms with E-state index in [2.05, 4.69) is 50.7 Å². The Morgan fingerprint density at radius 1 is 0.737 bits per heavy atom. The molecular weight excluding hydrogens is 356 g/mol. The minimum absolute atomic E-state index is 0. The molecule has 9 heteroatoms. The molecule has 0 bridgehead atoms. The van der Waals surface area contributed by atoms with Crippen molar-refractivity contribution < 1.29 is 50.7 Å². The number of allylic oxidation sites excluding steroid dienone is 4. The zero-order valence-electron chi connectivity index (χ0n) is 9.47. The Labute approximate surface area is 122 Å². The molecule has 1 aliphatic rings. The van der Waals surface area contributed by atoms with Gasteiger partial charge in [-0.2, -0.15) is 0 Å². The van der Waals surface area contributed by atoms with E-state index in [1.807, 2.05) is 0 Å². The molecule has 1 aliphatic carbocycles. The summed E-state index contributed by atoms with van der Waals surface area (Å²) in [7, 11) is -6.00. The second kappa shape index (κ2) is 30.3. The van der Waals surface area contributed by atoms with Crippen LogP contribution in [-0.4, -0.2) is 7.25 Å². The molecule has 0 aromatic rings. The first-order valence-corrected chi connectivity index (χ1v) is 4.14. The first-order valence-electron chi connectivity index (χ1n) is 4.14. The molecule has 3 nitrogen and oxygen atoms in total. The Morgan fingerprint density at radius 3 is 1.47 bits per heavy atom. The molecule has 0 heterocycles. The van der Waals surface area contributed by atoms with Crippen LogP contribution >= 0.6 is 0 Å². The normalized spacial score (nSPS) is 10.6. The Morgan fingerprint density at radius 2 is 1.11 bits per heavy atom. The van der Waals surface area contributed by atoms with Gasteiger partial charge in [-0.15, -0.1) is 0 Å². The van der Waals surface area contributed by atoms with E-state index in [0.717, 1.165) is 0 Å². The van der Waals surface area contributed by atoms with Gasteiger partial charge >= 0.3 is 60.6 Å². The van der Waals surface area contributed by atoms with Gasteiger partial charge in [0.2, 0.25) is 0 Å². The molecule has 19 heavy (non-hydrogen) atoms. The summed E-state index contributed by atoms with van der Waals surface area (Å²) >= 11 is 0. The summed E-state index contributed by atoms with van der Waals surface area (Å²) in [6, 6.07) is 0. The molecule has 0 fully saturated rings. The molecule has 0 spiro atoms. The molecular formula is C10H9BF4O3Ru. The average molecular weight is 365 g/mol. The second-order valence-electron chi connectivity index (χ2n) is 2.12. The van der Waals surface area contributed by atoms with Gasteiger partial charge in [0.1, 0.15) is 0 Å². The molecule has 0 aromatic heterocycles. The van der Waals surface area contributed by atoms with Gasteiger partial charge in [0, 0.05) is 0 Å². The monoisotopic (exact) mass is 366 g/mol.